The molecule has 0 saturated heterocycles. The highest BCUT2D eigenvalue weighted by Gasteiger charge is 2.23. The first-order chi connectivity index (χ1) is 16.3. The third-order valence-electron chi connectivity index (χ3n) is 7.39. The molecule has 2 N–H and O–H groups in total. The normalized spacial score (nSPS) is 11.9. The van der Waals surface area contributed by atoms with Crippen LogP contribution in [0.15, 0.2) is 4.90 Å². The van der Waals surface area contributed by atoms with Gasteiger partial charge in [-0.2, -0.15) is 8.42 Å². The molecular formula is C29H52O4S. The van der Waals surface area contributed by atoms with Crippen LogP contribution in [0, 0.1) is 20.8 Å². The van der Waals surface area contributed by atoms with Gasteiger partial charge in [-0.15, -0.1) is 0 Å². The van der Waals surface area contributed by atoms with Gasteiger partial charge in [0.15, 0.2) is 0 Å². The first-order valence-electron chi connectivity index (χ1n) is 14.0. The summed E-state index contributed by atoms with van der Waals surface area (Å²) in [4.78, 5) is 0.0352. The molecule has 0 aromatic heterocycles. The van der Waals surface area contributed by atoms with Gasteiger partial charge in [-0.3, -0.25) is 4.55 Å². The smallest absolute Gasteiger partial charge is 0.295 e. The van der Waals surface area contributed by atoms with Crippen molar-refractivity contribution in [2.75, 3.05) is 6.61 Å². The van der Waals surface area contributed by atoms with Crippen molar-refractivity contribution in [1.29, 1.82) is 0 Å². The van der Waals surface area contributed by atoms with Crippen molar-refractivity contribution in [3.8, 4) is 0 Å². The maximum atomic E-state index is 12.0. The molecule has 0 radical (unpaired) electrons. The predicted octanol–water partition coefficient (Wildman–Crippen LogP) is 8.20. The summed E-state index contributed by atoms with van der Waals surface area (Å²) in [7, 11) is -4.29. The second-order valence-electron chi connectivity index (χ2n) is 10.2. The van der Waals surface area contributed by atoms with Crippen molar-refractivity contribution >= 4 is 10.1 Å². The van der Waals surface area contributed by atoms with E-state index >= 15 is 0 Å². The third kappa shape index (κ3) is 11.2. The van der Waals surface area contributed by atoms with Crippen LogP contribution in [0.3, 0.4) is 0 Å². The van der Waals surface area contributed by atoms with Gasteiger partial charge in [0, 0.05) is 6.61 Å². The van der Waals surface area contributed by atoms with Crippen molar-refractivity contribution in [3.05, 3.63) is 27.8 Å². The summed E-state index contributed by atoms with van der Waals surface area (Å²) >= 11 is 0. The van der Waals surface area contributed by atoms with Crippen LogP contribution in [0.25, 0.3) is 0 Å². The van der Waals surface area contributed by atoms with Crippen LogP contribution in [0.1, 0.15) is 137 Å². The average Bonchev–Trinajstić information content (AvgIpc) is 2.77. The Morgan fingerprint density at radius 3 is 1.26 bits per heavy atom. The van der Waals surface area contributed by atoms with Gasteiger partial charge in [0.2, 0.25) is 0 Å². The molecule has 0 heterocycles. The van der Waals surface area contributed by atoms with E-state index in [0.717, 1.165) is 36.0 Å². The molecule has 0 aliphatic heterocycles. The maximum Gasteiger partial charge on any atom is 0.295 e. The quantitative estimate of drug-likeness (QED) is 0.141. The van der Waals surface area contributed by atoms with Crippen LogP contribution in [0.5, 0.6) is 0 Å². The van der Waals surface area contributed by atoms with Crippen molar-refractivity contribution in [3.63, 3.8) is 0 Å². The van der Waals surface area contributed by atoms with Crippen LogP contribution in [-0.4, -0.2) is 24.7 Å². The molecule has 0 atom stereocenters. The van der Waals surface area contributed by atoms with Gasteiger partial charge >= 0.3 is 0 Å². The highest BCUT2D eigenvalue weighted by Crippen LogP contribution is 2.32. The largest absolute Gasteiger partial charge is 0.396 e. The van der Waals surface area contributed by atoms with Crippen molar-refractivity contribution in [2.24, 2.45) is 0 Å². The Kier molecular flexibility index (Phi) is 16.0. The Labute approximate surface area is 210 Å². The molecule has 4 nitrogen and oxygen atoms in total. The molecule has 0 aliphatic carbocycles. The molecule has 0 saturated carbocycles. The minimum atomic E-state index is -4.29. The molecule has 0 unspecified atom stereocenters. The summed E-state index contributed by atoms with van der Waals surface area (Å²) in [5, 5.41) is 9.44. The molecular weight excluding hydrogens is 444 g/mol. The molecule has 0 amide bonds. The SMILES string of the molecule is CCCCCCCCCCCCCCCCCCc1c(C)c(CCO)c(C)c(S(=O)(=O)O)c1C. The van der Waals surface area contributed by atoms with E-state index in [9.17, 15) is 18.1 Å². The fourth-order valence-electron chi connectivity index (χ4n) is 5.40. The maximum absolute atomic E-state index is 12.0. The predicted molar refractivity (Wildman–Crippen MR) is 145 cm³/mol. The Hall–Kier alpha value is -0.910. The van der Waals surface area contributed by atoms with E-state index in [-0.39, 0.29) is 11.5 Å². The second-order valence-corrected chi connectivity index (χ2v) is 11.5. The molecule has 0 spiro atoms. The summed E-state index contributed by atoms with van der Waals surface area (Å²) < 4.78 is 33.8. The fourth-order valence-corrected chi connectivity index (χ4v) is 6.42. The summed E-state index contributed by atoms with van der Waals surface area (Å²) in [5.74, 6) is 0. The number of aliphatic hydroxyl groups is 1. The Morgan fingerprint density at radius 1 is 0.559 bits per heavy atom. The van der Waals surface area contributed by atoms with E-state index in [1.807, 2.05) is 6.92 Å². The van der Waals surface area contributed by atoms with Crippen LogP contribution >= 0.6 is 0 Å². The monoisotopic (exact) mass is 496 g/mol. The molecule has 0 aliphatic rings. The lowest BCUT2D eigenvalue weighted by Gasteiger charge is -2.20. The number of aliphatic hydroxyl groups excluding tert-OH is 1. The van der Waals surface area contributed by atoms with Gasteiger partial charge in [-0.25, -0.2) is 0 Å². The van der Waals surface area contributed by atoms with Gasteiger partial charge in [-0.1, -0.05) is 103 Å². The number of hydrogen-bond acceptors (Lipinski definition) is 3. The first kappa shape index (κ1) is 31.1. The molecule has 1 aromatic rings. The zero-order valence-electron chi connectivity index (χ0n) is 22.6. The molecule has 34 heavy (non-hydrogen) atoms. The molecule has 198 valence electrons. The van der Waals surface area contributed by atoms with E-state index in [2.05, 4.69) is 6.92 Å². The minimum absolute atomic E-state index is 0.0336. The molecule has 5 heteroatoms. The van der Waals surface area contributed by atoms with Crippen molar-refractivity contribution in [1.82, 2.24) is 0 Å². The summed E-state index contributed by atoms with van der Waals surface area (Å²) in [6.45, 7) is 7.78. The zero-order valence-corrected chi connectivity index (χ0v) is 23.4. The van der Waals surface area contributed by atoms with Gasteiger partial charge < -0.3 is 5.11 Å². The minimum Gasteiger partial charge on any atom is -0.396 e. The lowest BCUT2D eigenvalue weighted by Crippen LogP contribution is -2.13. The van der Waals surface area contributed by atoms with Gasteiger partial charge in [0.1, 0.15) is 4.90 Å². The average molecular weight is 497 g/mol. The van der Waals surface area contributed by atoms with Gasteiger partial charge in [0.25, 0.3) is 10.1 Å². The molecule has 1 rings (SSSR count). The lowest BCUT2D eigenvalue weighted by atomic mass is 9.89. The van der Waals surface area contributed by atoms with Crippen LogP contribution in [-0.2, 0) is 23.0 Å². The van der Waals surface area contributed by atoms with E-state index in [0.29, 0.717) is 17.5 Å². The Morgan fingerprint density at radius 2 is 0.912 bits per heavy atom. The van der Waals surface area contributed by atoms with Crippen LogP contribution in [0.2, 0.25) is 0 Å². The fraction of sp³-hybridized carbons (Fsp3) is 0.793. The molecule has 0 fully saturated rings. The highest BCUT2D eigenvalue weighted by molar-refractivity contribution is 7.86. The Balaban J connectivity index is 2.29. The number of unbranched alkanes of at least 4 members (excludes halogenated alkanes) is 15. The standard InChI is InChI=1S/C29H52O4S/c1-5-6-7-8-9-10-11-12-13-14-15-16-17-18-19-20-21-27-24(2)28(22-23-30)26(4)29(25(27)3)34(31,32)33/h30H,5-23H2,1-4H3,(H,31,32,33). The zero-order chi connectivity index (χ0) is 25.4. The summed E-state index contributed by atoms with van der Waals surface area (Å²) in [6.07, 6.45) is 22.5. The second kappa shape index (κ2) is 17.5. The molecule has 0 bridgehead atoms. The van der Waals surface area contributed by atoms with Gasteiger partial charge in [0.05, 0.1) is 0 Å². The van der Waals surface area contributed by atoms with Gasteiger partial charge in [-0.05, 0) is 67.9 Å². The van der Waals surface area contributed by atoms with Crippen molar-refractivity contribution < 1.29 is 18.1 Å². The van der Waals surface area contributed by atoms with E-state index in [1.165, 1.54) is 89.9 Å². The van der Waals surface area contributed by atoms with Crippen molar-refractivity contribution in [2.45, 2.75) is 148 Å². The molecule has 1 aromatic carbocycles. The summed E-state index contributed by atoms with van der Waals surface area (Å²) in [5.41, 5.74) is 4.18. The van der Waals surface area contributed by atoms with Crippen LogP contribution < -0.4 is 0 Å². The first-order valence-corrected chi connectivity index (χ1v) is 15.4. The summed E-state index contributed by atoms with van der Waals surface area (Å²) in [6, 6.07) is 0. The number of rotatable bonds is 20. The van der Waals surface area contributed by atoms with E-state index in [4.69, 9.17) is 0 Å². The van der Waals surface area contributed by atoms with Crippen LogP contribution in [0.4, 0.5) is 0 Å². The Bertz CT molecular complexity index is 799. The number of hydrogen-bond donors (Lipinski definition) is 2. The topological polar surface area (TPSA) is 74.6 Å². The number of benzene rings is 1. The lowest BCUT2D eigenvalue weighted by molar-refractivity contribution is 0.299. The third-order valence-corrected chi connectivity index (χ3v) is 8.52. The van der Waals surface area contributed by atoms with E-state index < -0.39 is 10.1 Å². The van der Waals surface area contributed by atoms with E-state index in [1.54, 1.807) is 13.8 Å². The highest BCUT2D eigenvalue weighted by atomic mass is 32.2.